The van der Waals surface area contributed by atoms with Crippen LogP contribution in [0.25, 0.3) is 11.1 Å². The minimum Gasteiger partial charge on any atom is -0.366 e. The lowest BCUT2D eigenvalue weighted by molar-refractivity contribution is 0.100. The third-order valence-electron chi connectivity index (χ3n) is 5.18. The predicted molar refractivity (Wildman–Crippen MR) is 139 cm³/mol. The fourth-order valence-corrected chi connectivity index (χ4v) is 4.35. The Morgan fingerprint density at radius 2 is 1.64 bits per heavy atom. The van der Waals surface area contributed by atoms with E-state index in [0.717, 1.165) is 0 Å². The van der Waals surface area contributed by atoms with E-state index in [1.165, 1.54) is 30.5 Å². The molecule has 182 valence electrons. The number of halogens is 1. The number of pyridine rings is 1. The molecular formula is C25H20ClN5O4S. The van der Waals surface area contributed by atoms with E-state index in [4.69, 9.17) is 22.5 Å². The van der Waals surface area contributed by atoms with E-state index in [9.17, 15) is 18.0 Å². The summed E-state index contributed by atoms with van der Waals surface area (Å²) in [7, 11) is -3.93. The number of primary sulfonamides is 1. The number of hydrogen-bond acceptors (Lipinski definition) is 6. The number of carbonyl (C=O) groups is 2. The van der Waals surface area contributed by atoms with Crippen LogP contribution in [0.3, 0.4) is 0 Å². The normalized spacial score (nSPS) is 11.1. The van der Waals surface area contributed by atoms with Crippen molar-refractivity contribution in [3.63, 3.8) is 0 Å². The van der Waals surface area contributed by atoms with Crippen LogP contribution >= 0.6 is 11.6 Å². The van der Waals surface area contributed by atoms with E-state index >= 15 is 0 Å². The van der Waals surface area contributed by atoms with Gasteiger partial charge in [-0.05, 0) is 54.1 Å². The lowest BCUT2D eigenvalue weighted by Gasteiger charge is -2.13. The van der Waals surface area contributed by atoms with Gasteiger partial charge in [0.1, 0.15) is 5.82 Å². The number of aromatic nitrogens is 1. The molecule has 1 heterocycles. The number of anilines is 3. The lowest BCUT2D eigenvalue weighted by Crippen LogP contribution is -2.18. The van der Waals surface area contributed by atoms with Crippen molar-refractivity contribution in [1.82, 2.24) is 4.98 Å². The molecule has 0 aliphatic heterocycles. The molecule has 36 heavy (non-hydrogen) atoms. The van der Waals surface area contributed by atoms with Gasteiger partial charge in [0, 0.05) is 23.0 Å². The first-order chi connectivity index (χ1) is 17.1. The molecule has 2 amide bonds. The van der Waals surface area contributed by atoms with Crippen LogP contribution in [0, 0.1) is 0 Å². The standard InChI is InChI=1S/C25H20ClN5O4S/c26-17-9-12-23(29-14-17)30-18-10-11-21(20(13-18)24(27)32)31-25(33)16-7-5-15(6-8-16)19-3-1-2-4-22(19)36(28,34)35/h1-14H,(H2,27,32)(H,29,30)(H,31,33)(H2,28,34,35). The molecule has 0 aliphatic rings. The van der Waals surface area contributed by atoms with Crippen molar-refractivity contribution in [1.29, 1.82) is 0 Å². The summed E-state index contributed by atoms with van der Waals surface area (Å²) in [5, 5.41) is 11.5. The third kappa shape index (κ3) is 5.69. The van der Waals surface area contributed by atoms with Gasteiger partial charge in [-0.1, -0.05) is 41.9 Å². The van der Waals surface area contributed by atoms with Crippen LogP contribution in [0.15, 0.2) is 90.0 Å². The number of amides is 2. The van der Waals surface area contributed by atoms with Gasteiger partial charge < -0.3 is 16.4 Å². The molecular weight excluding hydrogens is 502 g/mol. The Balaban J connectivity index is 1.55. The topological polar surface area (TPSA) is 157 Å². The molecule has 0 aliphatic carbocycles. The maximum Gasteiger partial charge on any atom is 0.255 e. The molecule has 6 N–H and O–H groups in total. The average Bonchev–Trinajstić information content (AvgIpc) is 2.86. The van der Waals surface area contributed by atoms with E-state index in [0.29, 0.717) is 27.7 Å². The lowest BCUT2D eigenvalue weighted by atomic mass is 10.0. The number of primary amides is 1. The molecule has 0 saturated heterocycles. The first-order valence-corrected chi connectivity index (χ1v) is 12.4. The van der Waals surface area contributed by atoms with Crippen molar-refractivity contribution in [3.05, 3.63) is 101 Å². The summed E-state index contributed by atoms with van der Waals surface area (Å²) in [6.07, 6.45) is 1.48. The number of hydrogen-bond donors (Lipinski definition) is 4. The molecule has 0 fully saturated rings. The molecule has 0 unspecified atom stereocenters. The highest BCUT2D eigenvalue weighted by Crippen LogP contribution is 2.28. The Bertz CT molecular complexity index is 1560. The Morgan fingerprint density at radius 1 is 0.917 bits per heavy atom. The largest absolute Gasteiger partial charge is 0.366 e. The van der Waals surface area contributed by atoms with Crippen molar-refractivity contribution in [2.75, 3.05) is 10.6 Å². The highest BCUT2D eigenvalue weighted by Gasteiger charge is 2.16. The van der Waals surface area contributed by atoms with Crippen molar-refractivity contribution in [3.8, 4) is 11.1 Å². The van der Waals surface area contributed by atoms with Gasteiger partial charge in [-0.3, -0.25) is 9.59 Å². The third-order valence-corrected chi connectivity index (χ3v) is 6.38. The van der Waals surface area contributed by atoms with Crippen molar-refractivity contribution in [2.24, 2.45) is 10.9 Å². The Morgan fingerprint density at radius 3 is 2.28 bits per heavy atom. The number of sulfonamides is 1. The minimum atomic E-state index is -3.93. The summed E-state index contributed by atoms with van der Waals surface area (Å²) in [5.74, 6) is -0.701. The Kier molecular flexibility index (Phi) is 7.02. The van der Waals surface area contributed by atoms with Crippen molar-refractivity contribution >= 4 is 50.6 Å². The quantitative estimate of drug-likeness (QED) is 0.286. The minimum absolute atomic E-state index is 0.0178. The van der Waals surface area contributed by atoms with E-state index in [-0.39, 0.29) is 21.7 Å². The second-order valence-corrected chi connectivity index (χ2v) is 9.65. The van der Waals surface area contributed by atoms with Gasteiger partial charge >= 0.3 is 0 Å². The van der Waals surface area contributed by atoms with E-state index < -0.39 is 21.8 Å². The first-order valence-electron chi connectivity index (χ1n) is 10.5. The van der Waals surface area contributed by atoms with Gasteiger partial charge in [0.05, 0.1) is 21.2 Å². The summed E-state index contributed by atoms with van der Waals surface area (Å²) < 4.78 is 23.8. The monoisotopic (exact) mass is 521 g/mol. The molecule has 0 atom stereocenters. The highest BCUT2D eigenvalue weighted by molar-refractivity contribution is 7.89. The summed E-state index contributed by atoms with van der Waals surface area (Å²) in [4.78, 5) is 29.0. The molecule has 0 saturated carbocycles. The number of nitrogens with zero attached hydrogens (tertiary/aromatic N) is 1. The number of rotatable bonds is 7. The smallest absolute Gasteiger partial charge is 0.255 e. The van der Waals surface area contributed by atoms with Gasteiger partial charge in [0.25, 0.3) is 11.8 Å². The highest BCUT2D eigenvalue weighted by atomic mass is 35.5. The number of nitrogens with one attached hydrogen (secondary N) is 2. The zero-order chi connectivity index (χ0) is 25.9. The first kappa shape index (κ1) is 24.9. The van der Waals surface area contributed by atoms with E-state index in [1.54, 1.807) is 54.6 Å². The number of carbonyl (C=O) groups excluding carboxylic acids is 2. The summed E-state index contributed by atoms with van der Waals surface area (Å²) in [6, 6.07) is 20.7. The average molecular weight is 522 g/mol. The van der Waals surface area contributed by atoms with E-state index in [2.05, 4.69) is 15.6 Å². The fraction of sp³-hybridized carbons (Fsp3) is 0. The molecule has 4 rings (SSSR count). The Labute approximate surface area is 212 Å². The van der Waals surface area contributed by atoms with Crippen LogP contribution < -0.4 is 21.5 Å². The van der Waals surface area contributed by atoms with Crippen LogP contribution in [-0.4, -0.2) is 25.2 Å². The molecule has 3 aromatic carbocycles. The van der Waals surface area contributed by atoms with Gasteiger partial charge in [-0.15, -0.1) is 0 Å². The maximum absolute atomic E-state index is 12.9. The van der Waals surface area contributed by atoms with Crippen LogP contribution in [0.2, 0.25) is 5.02 Å². The summed E-state index contributed by atoms with van der Waals surface area (Å²) in [6.45, 7) is 0. The Hall–Kier alpha value is -4.25. The van der Waals surface area contributed by atoms with Crippen LogP contribution in [0.5, 0.6) is 0 Å². The molecule has 0 radical (unpaired) electrons. The fourth-order valence-electron chi connectivity index (χ4n) is 3.48. The van der Waals surface area contributed by atoms with Crippen molar-refractivity contribution in [2.45, 2.75) is 4.90 Å². The molecule has 1 aromatic heterocycles. The van der Waals surface area contributed by atoms with Gasteiger partial charge in [0.2, 0.25) is 10.0 Å². The molecule has 4 aromatic rings. The second kappa shape index (κ2) is 10.2. The van der Waals surface area contributed by atoms with Crippen molar-refractivity contribution < 1.29 is 18.0 Å². The molecule has 9 nitrogen and oxygen atoms in total. The molecule has 0 spiro atoms. The van der Waals surface area contributed by atoms with Gasteiger partial charge in [-0.2, -0.15) is 0 Å². The van der Waals surface area contributed by atoms with E-state index in [1.807, 2.05) is 0 Å². The second-order valence-electron chi connectivity index (χ2n) is 7.68. The van der Waals surface area contributed by atoms with Gasteiger partial charge in [0.15, 0.2) is 0 Å². The summed E-state index contributed by atoms with van der Waals surface area (Å²) in [5.41, 5.74) is 7.67. The maximum atomic E-state index is 12.9. The number of nitrogens with two attached hydrogens (primary N) is 2. The zero-order valence-electron chi connectivity index (χ0n) is 18.6. The van der Waals surface area contributed by atoms with Gasteiger partial charge in [-0.25, -0.2) is 18.5 Å². The van der Waals surface area contributed by atoms with Crippen LogP contribution in [0.1, 0.15) is 20.7 Å². The molecule has 0 bridgehead atoms. The zero-order valence-corrected chi connectivity index (χ0v) is 20.2. The molecule has 11 heteroatoms. The summed E-state index contributed by atoms with van der Waals surface area (Å²) >= 11 is 5.85. The number of benzene rings is 3. The van der Waals surface area contributed by atoms with Crippen LogP contribution in [0.4, 0.5) is 17.2 Å². The predicted octanol–water partition coefficient (Wildman–Crippen LogP) is 4.14. The SMILES string of the molecule is NC(=O)c1cc(Nc2ccc(Cl)cn2)ccc1NC(=O)c1ccc(-c2ccccc2S(N)(=O)=O)cc1. The van der Waals surface area contributed by atoms with Crippen LogP contribution in [-0.2, 0) is 10.0 Å².